The van der Waals surface area contributed by atoms with Crippen LogP contribution in [0.2, 0.25) is 0 Å². The summed E-state index contributed by atoms with van der Waals surface area (Å²) >= 11 is 0. The van der Waals surface area contributed by atoms with Crippen LogP contribution in [0.5, 0.6) is 0 Å². The zero-order valence-corrected chi connectivity index (χ0v) is 43.0. The Hall–Kier alpha value is -5.58. The summed E-state index contributed by atoms with van der Waals surface area (Å²) in [7, 11) is 0. The van der Waals surface area contributed by atoms with Crippen LogP contribution in [-0.2, 0) is 128 Å². The molecule has 0 saturated carbocycles. The number of carbonyl (C=O) groups excluding carboxylic acids is 10. The normalized spacial score (nSPS) is 36.1. The van der Waals surface area contributed by atoms with Crippen molar-refractivity contribution >= 4 is 59.7 Å². The van der Waals surface area contributed by atoms with E-state index >= 15 is 0 Å². The van der Waals surface area contributed by atoms with Crippen molar-refractivity contribution in [3.63, 3.8) is 0 Å². The van der Waals surface area contributed by atoms with Crippen LogP contribution in [0.25, 0.3) is 0 Å². The maximum atomic E-state index is 13.1. The molecule has 0 aliphatic carbocycles. The van der Waals surface area contributed by atoms with E-state index in [0.717, 1.165) is 69.2 Å². The molecule has 0 spiro atoms. The van der Waals surface area contributed by atoms with Gasteiger partial charge in [0.05, 0.1) is 18.3 Å². The quantitative estimate of drug-likeness (QED) is 0.134. The number of hydrogen-bond acceptors (Lipinski definition) is 27. The molecule has 0 radical (unpaired) electrons. The molecule has 20 atom stereocenters. The predicted molar refractivity (Wildman–Crippen MR) is 233 cm³/mol. The van der Waals surface area contributed by atoms with Crippen molar-refractivity contribution in [1.82, 2.24) is 0 Å². The van der Waals surface area contributed by atoms with Crippen LogP contribution in [0.3, 0.4) is 0 Å². The summed E-state index contributed by atoms with van der Waals surface area (Å²) < 4.78 is 101. The van der Waals surface area contributed by atoms with Crippen LogP contribution in [0.15, 0.2) is 0 Å². The highest BCUT2D eigenvalue weighted by Crippen LogP contribution is 2.41. The maximum absolute atomic E-state index is 13.1. The Kier molecular flexibility index (Phi) is 21.8. The molecule has 4 fully saturated rings. The second kappa shape index (κ2) is 26.6. The van der Waals surface area contributed by atoms with Gasteiger partial charge in [-0.15, -0.1) is 0 Å². The number of carbonyl (C=O) groups is 10. The zero-order valence-electron chi connectivity index (χ0n) is 43.0. The molecule has 4 aliphatic heterocycles. The molecule has 4 rings (SSSR count). The average Bonchev–Trinajstić information content (AvgIpc) is 3.25. The summed E-state index contributed by atoms with van der Waals surface area (Å²) in [5.41, 5.74) is 0. The van der Waals surface area contributed by atoms with Gasteiger partial charge in [-0.05, 0) is 13.8 Å². The first-order valence-corrected chi connectivity index (χ1v) is 23.3. The van der Waals surface area contributed by atoms with E-state index in [4.69, 9.17) is 80.5 Å². The lowest BCUT2D eigenvalue weighted by atomic mass is 9.88. The summed E-state index contributed by atoms with van der Waals surface area (Å²) in [4.78, 5) is 125. The molecule has 0 aromatic heterocycles. The van der Waals surface area contributed by atoms with Gasteiger partial charge in [-0.25, -0.2) is 0 Å². The third-order valence-corrected chi connectivity index (χ3v) is 11.6. The van der Waals surface area contributed by atoms with Crippen LogP contribution < -0.4 is 0 Å². The summed E-state index contributed by atoms with van der Waals surface area (Å²) in [6.45, 7) is 15.7. The topological polar surface area (TPSA) is 328 Å². The third-order valence-electron chi connectivity index (χ3n) is 11.6. The summed E-state index contributed by atoms with van der Waals surface area (Å²) in [6, 6.07) is 0. The van der Waals surface area contributed by atoms with Crippen LogP contribution in [-0.4, -0.2) is 184 Å². The van der Waals surface area contributed by atoms with Crippen molar-refractivity contribution in [2.75, 3.05) is 13.2 Å². The third kappa shape index (κ3) is 16.7. The highest BCUT2D eigenvalue weighted by atomic mass is 16.8. The number of esters is 10. The smallest absolute Gasteiger partial charge is 0.305 e. The van der Waals surface area contributed by atoms with E-state index in [9.17, 15) is 47.9 Å². The van der Waals surface area contributed by atoms with Gasteiger partial charge in [0.2, 0.25) is 12.4 Å². The zero-order chi connectivity index (χ0) is 54.8. The Bertz CT molecular complexity index is 2010. The van der Waals surface area contributed by atoms with Gasteiger partial charge in [-0.1, -0.05) is 13.8 Å². The molecule has 0 aromatic carbocycles. The van der Waals surface area contributed by atoms with Crippen molar-refractivity contribution in [3.05, 3.63) is 0 Å². The van der Waals surface area contributed by atoms with Crippen LogP contribution in [0.1, 0.15) is 96.9 Å². The fourth-order valence-corrected chi connectivity index (χ4v) is 8.66. The average molecular weight is 1050 g/mol. The summed E-state index contributed by atoms with van der Waals surface area (Å²) in [5.74, 6) is -10.6. The highest BCUT2D eigenvalue weighted by Gasteiger charge is 2.59. The second-order valence-corrected chi connectivity index (χ2v) is 17.8. The van der Waals surface area contributed by atoms with Crippen molar-refractivity contribution < 1.29 is 128 Å². The Morgan fingerprint density at radius 1 is 0.288 bits per heavy atom. The largest absolute Gasteiger partial charge is 0.463 e. The van der Waals surface area contributed by atoms with Crippen molar-refractivity contribution in [1.29, 1.82) is 0 Å². The Morgan fingerprint density at radius 3 is 1.14 bits per heavy atom. The van der Waals surface area contributed by atoms with E-state index in [1.807, 2.05) is 0 Å². The molecule has 7 unspecified atom stereocenters. The van der Waals surface area contributed by atoms with Crippen LogP contribution in [0.4, 0.5) is 0 Å². The SMILES string of the molecule is CC(=O)OCC1O[C@@H](O[C@H]2C(COC(C)=O)O[C@@H](C)C(C)[C@H]2O[C@H]2OC(C)[C@@H](OC(C)=O)C(OC(C)=O)[C@@H]2OC(C)=O)[C@H](O[C@@H]2OC(OC(C)=O)[C@H](OC(C)=O)[C@@H](OC(C)=O)C2C)[C@@H](OC(C)=O)[C@H]1OC(C)=O. The first-order chi connectivity index (χ1) is 34.1. The van der Waals surface area contributed by atoms with Gasteiger partial charge in [0.25, 0.3) is 0 Å². The number of hydrogen-bond donors (Lipinski definition) is 0. The standard InChI is InChI=1S/C46H66O27/c1-17-19(3)59-31(15-57-21(5)47)36(33(17)70-44-41(67-29(13)55)38(64-26(10)52)35(20(4)60-44)62-24(8)50)71-46-42(39(65-27(11)53)37(63-25(9)51)32(69-46)16-58-22(6)48)72-43-18(2)34(61-23(7)49)40(66-28(12)54)45(73-43)68-30(14)56/h17-20,31-46H,15-16H2,1-14H3/t17?,18?,19-,20?,31?,32?,33+,34-,35+,36-,37-,38?,39-,40+,41-,42+,43+,44+,45?,46-/m0/s1. The Balaban J connectivity index is 1.96. The molecule has 73 heavy (non-hydrogen) atoms. The van der Waals surface area contributed by atoms with E-state index in [1.54, 1.807) is 13.8 Å². The second-order valence-electron chi connectivity index (χ2n) is 17.8. The minimum atomic E-state index is -1.92. The van der Waals surface area contributed by atoms with Gasteiger partial charge >= 0.3 is 59.7 Å². The van der Waals surface area contributed by atoms with Crippen molar-refractivity contribution in [3.8, 4) is 0 Å². The maximum Gasteiger partial charge on any atom is 0.305 e. The molecule has 4 aliphatic rings. The molecular weight excluding hydrogens is 984 g/mol. The first-order valence-electron chi connectivity index (χ1n) is 23.3. The van der Waals surface area contributed by atoms with E-state index in [-0.39, 0.29) is 0 Å². The van der Waals surface area contributed by atoms with E-state index < -0.39 is 195 Å². The highest BCUT2D eigenvalue weighted by molar-refractivity contribution is 5.70. The molecular formula is C46H66O27. The van der Waals surface area contributed by atoms with E-state index in [0.29, 0.717) is 0 Å². The molecule has 27 nitrogen and oxygen atoms in total. The lowest BCUT2D eigenvalue weighted by molar-refractivity contribution is -0.394. The first kappa shape index (κ1) is 60.0. The monoisotopic (exact) mass is 1050 g/mol. The molecule has 0 amide bonds. The lowest BCUT2D eigenvalue weighted by Gasteiger charge is -2.51. The van der Waals surface area contributed by atoms with Crippen molar-refractivity contribution in [2.45, 2.75) is 208 Å². The predicted octanol–water partition coefficient (Wildman–Crippen LogP) is 0.565. The number of ether oxygens (including phenoxy) is 17. The van der Waals surface area contributed by atoms with Crippen molar-refractivity contribution in [2.24, 2.45) is 11.8 Å². The fourth-order valence-electron chi connectivity index (χ4n) is 8.66. The Morgan fingerprint density at radius 2 is 0.658 bits per heavy atom. The van der Waals surface area contributed by atoms with Gasteiger partial charge < -0.3 is 80.5 Å². The Labute approximate surface area is 420 Å². The molecule has 4 saturated heterocycles. The van der Waals surface area contributed by atoms with E-state index in [1.165, 1.54) is 13.8 Å². The van der Waals surface area contributed by atoms with Gasteiger partial charge in [0.15, 0.2) is 61.6 Å². The number of rotatable bonds is 18. The summed E-state index contributed by atoms with van der Waals surface area (Å²) in [6.07, 6.45) is -27.4. The van der Waals surface area contributed by atoms with Gasteiger partial charge in [-0.2, -0.15) is 0 Å². The molecule has 27 heteroatoms. The molecule has 0 aromatic rings. The molecule has 0 N–H and O–H groups in total. The molecule has 412 valence electrons. The molecule has 0 bridgehead atoms. The molecule has 4 heterocycles. The minimum Gasteiger partial charge on any atom is -0.463 e. The fraction of sp³-hybridized carbons (Fsp3) is 0.783. The van der Waals surface area contributed by atoms with Crippen LogP contribution in [0, 0.1) is 11.8 Å². The lowest BCUT2D eigenvalue weighted by Crippen LogP contribution is -2.68. The van der Waals surface area contributed by atoms with Crippen LogP contribution >= 0.6 is 0 Å². The van der Waals surface area contributed by atoms with E-state index in [2.05, 4.69) is 0 Å². The van der Waals surface area contributed by atoms with Gasteiger partial charge in [-0.3, -0.25) is 47.9 Å². The summed E-state index contributed by atoms with van der Waals surface area (Å²) in [5, 5.41) is 0. The van der Waals surface area contributed by atoms with Gasteiger partial charge in [0, 0.05) is 81.1 Å². The van der Waals surface area contributed by atoms with Gasteiger partial charge in [0.1, 0.15) is 31.5 Å². The minimum absolute atomic E-state index is 0.524.